The maximum Gasteiger partial charge on any atom is 0.407 e. The van der Waals surface area contributed by atoms with Gasteiger partial charge in [0, 0.05) is 5.92 Å². The van der Waals surface area contributed by atoms with Gasteiger partial charge in [0.15, 0.2) is 0 Å². The molecule has 0 heterocycles. The lowest BCUT2D eigenvalue weighted by Gasteiger charge is -2.30. The highest BCUT2D eigenvalue weighted by Crippen LogP contribution is 2.21. The summed E-state index contributed by atoms with van der Waals surface area (Å²) in [7, 11) is 0. The van der Waals surface area contributed by atoms with Crippen LogP contribution in [0.1, 0.15) is 64.2 Å². The third kappa shape index (κ3) is 13.5. The molecule has 0 aromatic heterocycles. The van der Waals surface area contributed by atoms with E-state index >= 15 is 0 Å². The van der Waals surface area contributed by atoms with Crippen LogP contribution in [0.2, 0.25) is 0 Å². The van der Waals surface area contributed by atoms with E-state index in [1.807, 2.05) is 105 Å². The molecule has 0 aliphatic carbocycles. The van der Waals surface area contributed by atoms with Crippen LogP contribution in [0.4, 0.5) is 4.79 Å². The van der Waals surface area contributed by atoms with E-state index in [1.54, 1.807) is 20.8 Å². The van der Waals surface area contributed by atoms with Crippen LogP contribution >= 0.6 is 0 Å². The first-order chi connectivity index (χ1) is 23.3. The molecule has 264 valence electrons. The highest BCUT2D eigenvalue weighted by molar-refractivity contribution is 6.01. The second-order valence-electron chi connectivity index (χ2n) is 13.7. The van der Waals surface area contributed by atoms with Gasteiger partial charge < -0.3 is 26.2 Å². The maximum absolute atomic E-state index is 14.0. The molecule has 3 aromatic carbocycles. The summed E-state index contributed by atoms with van der Waals surface area (Å²) < 4.78 is 5.48. The van der Waals surface area contributed by atoms with Gasteiger partial charge >= 0.3 is 6.09 Å². The van der Waals surface area contributed by atoms with Gasteiger partial charge in [0.1, 0.15) is 11.6 Å². The van der Waals surface area contributed by atoms with Gasteiger partial charge in [-0.25, -0.2) is 4.79 Å². The van der Waals surface area contributed by atoms with E-state index in [2.05, 4.69) is 16.0 Å². The summed E-state index contributed by atoms with van der Waals surface area (Å²) in [5.74, 6) is -2.84. The van der Waals surface area contributed by atoms with Gasteiger partial charge in [-0.05, 0) is 69.1 Å². The van der Waals surface area contributed by atoms with Crippen LogP contribution in [-0.2, 0) is 38.4 Å². The predicted molar refractivity (Wildman–Crippen MR) is 190 cm³/mol. The van der Waals surface area contributed by atoms with Crippen LogP contribution in [0.5, 0.6) is 0 Å². The summed E-state index contributed by atoms with van der Waals surface area (Å²) in [6, 6.07) is 25.3. The number of aliphatic hydroxyl groups is 1. The van der Waals surface area contributed by atoms with Crippen LogP contribution in [0, 0.1) is 11.8 Å². The summed E-state index contributed by atoms with van der Waals surface area (Å²) in [6.07, 6.45) is -0.495. The molecule has 10 nitrogen and oxygen atoms in total. The lowest BCUT2D eigenvalue weighted by atomic mass is 9.88. The largest absolute Gasteiger partial charge is 0.444 e. The molecule has 3 aromatic rings. The number of alkyl carbamates (subject to hydrolysis) is 1. The Bertz CT molecular complexity index is 1480. The van der Waals surface area contributed by atoms with E-state index in [9.17, 15) is 24.3 Å². The first-order valence-corrected chi connectivity index (χ1v) is 17.0. The number of benzene rings is 3. The van der Waals surface area contributed by atoms with Gasteiger partial charge in [0.2, 0.25) is 17.7 Å². The number of carbonyl (C=O) groups is 4. The molecule has 6 N–H and O–H groups in total. The Morgan fingerprint density at radius 2 is 1.22 bits per heavy atom. The number of carbonyl (C=O) groups excluding carboxylic acids is 4. The minimum Gasteiger partial charge on any atom is -0.444 e. The third-order valence-electron chi connectivity index (χ3n) is 8.36. The number of nitrogens with one attached hydrogen (secondary N) is 3. The monoisotopic (exact) mass is 672 g/mol. The van der Waals surface area contributed by atoms with Crippen LogP contribution in [-0.4, -0.2) is 58.8 Å². The van der Waals surface area contributed by atoms with Gasteiger partial charge in [-0.1, -0.05) is 111 Å². The first kappa shape index (κ1) is 38.9. The Morgan fingerprint density at radius 1 is 0.735 bits per heavy atom. The van der Waals surface area contributed by atoms with E-state index in [4.69, 9.17) is 10.5 Å². The molecular formula is C39H52N4O6. The molecule has 3 rings (SSSR count). The number of nitrogens with two attached hydrogens (primary N) is 1. The second kappa shape index (κ2) is 18.9. The van der Waals surface area contributed by atoms with E-state index in [1.165, 1.54) is 0 Å². The smallest absolute Gasteiger partial charge is 0.407 e. The lowest BCUT2D eigenvalue weighted by molar-refractivity contribution is -0.137. The molecule has 0 fully saturated rings. The average Bonchev–Trinajstić information content (AvgIpc) is 3.06. The van der Waals surface area contributed by atoms with Crippen molar-refractivity contribution in [2.75, 3.05) is 0 Å². The van der Waals surface area contributed by atoms with Crippen molar-refractivity contribution >= 4 is 23.8 Å². The highest BCUT2D eigenvalue weighted by Gasteiger charge is 2.34. The van der Waals surface area contributed by atoms with Crippen LogP contribution < -0.4 is 21.7 Å². The molecule has 0 bridgehead atoms. The lowest BCUT2D eigenvalue weighted by Crippen LogP contribution is -2.56. The van der Waals surface area contributed by atoms with Crippen molar-refractivity contribution in [1.82, 2.24) is 16.0 Å². The molecule has 0 spiro atoms. The summed E-state index contributed by atoms with van der Waals surface area (Å²) in [4.78, 5) is 53.3. The summed E-state index contributed by atoms with van der Waals surface area (Å²) in [6.45, 7) is 8.97. The fourth-order valence-electron chi connectivity index (χ4n) is 5.47. The molecule has 1 unspecified atom stereocenters. The van der Waals surface area contributed by atoms with Crippen molar-refractivity contribution in [2.24, 2.45) is 17.6 Å². The minimum atomic E-state index is -1.15. The number of imide groups is 1. The summed E-state index contributed by atoms with van der Waals surface area (Å²) in [5, 5.41) is 19.7. The SMILES string of the molecule is CC[C@H](C)[C@H](NC(=O)[C@H](Cc1ccccc1)C[C@H](O)[C@H](Cc1ccccc1)NC(=O)OC(C)(C)C)C(=O)NC(=O)C(N)Cc1ccccc1. The number of hydrogen-bond donors (Lipinski definition) is 5. The fraction of sp³-hybridized carbons (Fsp3) is 0.436. The molecule has 0 radical (unpaired) electrons. The summed E-state index contributed by atoms with van der Waals surface area (Å²) in [5.41, 5.74) is 7.99. The molecular weight excluding hydrogens is 620 g/mol. The van der Waals surface area contributed by atoms with E-state index in [-0.39, 0.29) is 25.2 Å². The first-order valence-electron chi connectivity index (χ1n) is 17.0. The number of aliphatic hydroxyl groups excluding tert-OH is 1. The van der Waals surface area contributed by atoms with Crippen molar-refractivity contribution in [2.45, 2.75) is 96.6 Å². The third-order valence-corrected chi connectivity index (χ3v) is 8.36. The fourth-order valence-corrected chi connectivity index (χ4v) is 5.47. The number of rotatable bonds is 16. The van der Waals surface area contributed by atoms with E-state index in [0.717, 1.165) is 16.7 Å². The van der Waals surface area contributed by atoms with Crippen molar-refractivity contribution < 1.29 is 29.0 Å². The van der Waals surface area contributed by atoms with Gasteiger partial charge in [-0.15, -0.1) is 0 Å². The predicted octanol–water partition coefficient (Wildman–Crippen LogP) is 4.48. The Kier molecular flexibility index (Phi) is 15.0. The Balaban J connectivity index is 1.81. The van der Waals surface area contributed by atoms with Gasteiger partial charge in [0.25, 0.3) is 0 Å². The summed E-state index contributed by atoms with van der Waals surface area (Å²) >= 11 is 0. The molecule has 0 saturated heterocycles. The normalized spacial score (nSPS) is 15.1. The van der Waals surface area contributed by atoms with Crippen molar-refractivity contribution in [1.29, 1.82) is 0 Å². The Labute approximate surface area is 290 Å². The van der Waals surface area contributed by atoms with Crippen LogP contribution in [0.3, 0.4) is 0 Å². The van der Waals surface area contributed by atoms with E-state index < -0.39 is 59.6 Å². The van der Waals surface area contributed by atoms with Crippen molar-refractivity contribution in [3.8, 4) is 0 Å². The molecule has 6 atom stereocenters. The quantitative estimate of drug-likeness (QED) is 0.150. The molecule has 0 aliphatic rings. The van der Waals surface area contributed by atoms with Crippen molar-refractivity contribution in [3.63, 3.8) is 0 Å². The second-order valence-corrected chi connectivity index (χ2v) is 13.7. The molecule has 49 heavy (non-hydrogen) atoms. The zero-order valence-electron chi connectivity index (χ0n) is 29.2. The Morgan fingerprint density at radius 3 is 1.71 bits per heavy atom. The van der Waals surface area contributed by atoms with Crippen LogP contribution in [0.25, 0.3) is 0 Å². The molecule has 0 saturated carbocycles. The van der Waals surface area contributed by atoms with E-state index in [0.29, 0.717) is 12.8 Å². The minimum absolute atomic E-state index is 0.0241. The zero-order valence-corrected chi connectivity index (χ0v) is 29.2. The highest BCUT2D eigenvalue weighted by atomic mass is 16.6. The average molecular weight is 673 g/mol. The molecule has 0 aliphatic heterocycles. The maximum atomic E-state index is 14.0. The van der Waals surface area contributed by atoms with Gasteiger partial charge in [0.05, 0.1) is 18.2 Å². The molecule has 4 amide bonds. The number of amides is 4. The Hall–Kier alpha value is -4.54. The van der Waals surface area contributed by atoms with Gasteiger partial charge in [-0.2, -0.15) is 0 Å². The van der Waals surface area contributed by atoms with Crippen molar-refractivity contribution in [3.05, 3.63) is 108 Å². The number of ether oxygens (including phenoxy) is 1. The standard InChI is InChI=1S/C39H52N4O6/c1-6-26(2)34(37(47)43-36(46)31(40)23-28-18-12-8-13-19-28)42-35(45)30(22-27-16-10-7-11-17-27)25-33(44)32(24-29-20-14-9-15-21-29)41-38(48)49-39(3,4)5/h7-21,26,30-34,44H,6,22-25,40H2,1-5H3,(H,41,48)(H,42,45)(H,43,46,47)/t26-,30+,31?,32-,33-,34-/m0/s1. The molecule has 10 heteroatoms. The number of hydrogen-bond acceptors (Lipinski definition) is 7. The topological polar surface area (TPSA) is 160 Å². The van der Waals surface area contributed by atoms with Crippen LogP contribution in [0.15, 0.2) is 91.0 Å². The van der Waals surface area contributed by atoms with Gasteiger partial charge in [-0.3, -0.25) is 19.7 Å². The zero-order chi connectivity index (χ0) is 36.0.